The predicted octanol–water partition coefficient (Wildman–Crippen LogP) is 5.46. The maximum atomic E-state index is 6.83. The zero-order chi connectivity index (χ0) is 10.5. The van der Waals surface area contributed by atoms with Crippen LogP contribution in [-0.2, 0) is 21.7 Å². The Morgan fingerprint density at radius 3 is 1.61 bits per heavy atom. The van der Waals surface area contributed by atoms with E-state index in [1.165, 1.54) is 0 Å². The Hall–Kier alpha value is 0.371. The fourth-order valence-corrected chi connectivity index (χ4v) is 0.340. The largest absolute Gasteiger partial charge is 0.675 e. The van der Waals surface area contributed by atoms with Gasteiger partial charge in [-0.1, -0.05) is 33.4 Å². The minimum absolute atomic E-state index is 0. The van der Waals surface area contributed by atoms with Gasteiger partial charge in [0.15, 0.2) is 0 Å². The minimum atomic E-state index is 0. The number of rotatable bonds is 1. The van der Waals surface area contributed by atoms with Crippen molar-refractivity contribution in [1.29, 1.82) is 0 Å². The Kier molecular flexibility index (Phi) is 103. The first-order valence-corrected chi connectivity index (χ1v) is 7.16. The van der Waals surface area contributed by atoms with Crippen LogP contribution in [0.1, 0.15) is 26.7 Å². The number of allylic oxidation sites excluding steroid dienone is 4. The molecule has 0 aromatic carbocycles. The summed E-state index contributed by atoms with van der Waals surface area (Å²) in [6.07, 6.45) is 11.0. The molecule has 1 nitrogen and oxygen atoms in total. The molecule has 0 saturated carbocycles. The van der Waals surface area contributed by atoms with Gasteiger partial charge >= 0.3 is 0 Å². The van der Waals surface area contributed by atoms with E-state index >= 15 is 0 Å². The maximum Gasteiger partial charge on any atom is 0.0213 e. The number of hydrogen-bond donors (Lipinski definition) is 0. The van der Waals surface area contributed by atoms with Gasteiger partial charge in [0.2, 0.25) is 0 Å². The second kappa shape index (κ2) is 43.3. The summed E-state index contributed by atoms with van der Waals surface area (Å²) in [7, 11) is 0.750. The molecule has 0 bridgehead atoms. The third kappa shape index (κ3) is 71.2. The van der Waals surface area contributed by atoms with E-state index in [0.29, 0.717) is 0 Å². The molecular formula is C15H34NSiTi-6. The van der Waals surface area contributed by atoms with E-state index in [1.807, 2.05) is 26.0 Å². The molecule has 1 unspecified atom stereocenters. The molecule has 0 fully saturated rings. The summed E-state index contributed by atoms with van der Waals surface area (Å²) < 4.78 is 0. The van der Waals surface area contributed by atoms with E-state index in [0.717, 1.165) is 22.4 Å². The van der Waals surface area contributed by atoms with Crippen molar-refractivity contribution in [3.05, 3.63) is 59.7 Å². The molecule has 0 amide bonds. The summed E-state index contributed by atoms with van der Waals surface area (Å²) in [6.45, 7) is 8.32. The summed E-state index contributed by atoms with van der Waals surface area (Å²) in [6, 6.07) is 0.134. The molecule has 1 aliphatic carbocycles. The third-order valence-electron chi connectivity index (χ3n) is 1.20. The fourth-order valence-electron chi connectivity index (χ4n) is 0.340. The molecule has 3 heteroatoms. The molecule has 0 heterocycles. The van der Waals surface area contributed by atoms with Crippen LogP contribution in [0.3, 0.4) is 0 Å². The van der Waals surface area contributed by atoms with Gasteiger partial charge in [0.1, 0.15) is 0 Å². The zero-order valence-electron chi connectivity index (χ0n) is 13.8. The average Bonchev–Trinajstić information content (AvgIpc) is 2.62. The first-order valence-electron chi connectivity index (χ1n) is 4.85. The molecule has 113 valence electrons. The Bertz CT molecular complexity index is 124. The molecule has 0 spiro atoms. The predicted molar refractivity (Wildman–Crippen MR) is 90.2 cm³/mol. The van der Waals surface area contributed by atoms with E-state index in [2.05, 4.69) is 25.2 Å². The van der Waals surface area contributed by atoms with Crippen molar-refractivity contribution in [2.45, 2.75) is 45.8 Å². The maximum absolute atomic E-state index is 6.83. The van der Waals surface area contributed by atoms with Gasteiger partial charge in [-0.3, -0.25) is 6.08 Å². The van der Waals surface area contributed by atoms with Crippen molar-refractivity contribution in [3.63, 3.8) is 0 Å². The van der Waals surface area contributed by atoms with Crippen LogP contribution in [-0.4, -0.2) is 15.6 Å². The van der Waals surface area contributed by atoms with E-state index in [1.54, 1.807) is 0 Å². The Balaban J connectivity index is -0.0000000182. The summed E-state index contributed by atoms with van der Waals surface area (Å²) in [4.78, 5) is 0. The van der Waals surface area contributed by atoms with Crippen molar-refractivity contribution >= 4 is 9.52 Å². The van der Waals surface area contributed by atoms with Crippen LogP contribution in [0, 0.1) is 35.8 Å². The van der Waals surface area contributed by atoms with Gasteiger partial charge in [0, 0.05) is 31.2 Å². The van der Waals surface area contributed by atoms with Crippen LogP contribution < -0.4 is 0 Å². The van der Waals surface area contributed by atoms with Crippen molar-refractivity contribution in [2.75, 3.05) is 0 Å². The standard InChI is InChI=1S/C5H5.C4H10N.C2H7Si.4CH3.Ti/c1-2-4-5-3-1;1-3-4(2)5;1-3-2;;;;;/h1-3H,4H2;4-5H,3H2,1-2H3;3H,1-2H3;4*1H3;/q2*-1;;4*-1;. The van der Waals surface area contributed by atoms with Gasteiger partial charge in [-0.2, -0.15) is 6.08 Å². The van der Waals surface area contributed by atoms with Crippen molar-refractivity contribution in [2.24, 2.45) is 0 Å². The third-order valence-corrected chi connectivity index (χ3v) is 1.20. The van der Waals surface area contributed by atoms with Gasteiger partial charge in [-0.05, 0) is 0 Å². The molecule has 0 aliphatic heterocycles. The SMILES string of the molecule is CCC(C)[NH-].C[SiH]C.[C-]1=CC=CC1.[CH3-].[CH3-].[CH3-].[CH3-].[Ti]. The monoisotopic (exact) mass is 304 g/mol. The molecule has 1 rings (SSSR count). The zero-order valence-corrected chi connectivity index (χ0v) is 16.5. The van der Waals surface area contributed by atoms with E-state index in [9.17, 15) is 0 Å². The van der Waals surface area contributed by atoms with Crippen LogP contribution in [0.5, 0.6) is 0 Å². The van der Waals surface area contributed by atoms with E-state index < -0.39 is 0 Å². The normalized spacial score (nSPS) is 10.1. The van der Waals surface area contributed by atoms with Gasteiger partial charge < -0.3 is 35.4 Å². The van der Waals surface area contributed by atoms with Crippen LogP contribution in [0.4, 0.5) is 0 Å². The van der Waals surface area contributed by atoms with Crippen molar-refractivity contribution in [1.82, 2.24) is 0 Å². The average molecular weight is 304 g/mol. The van der Waals surface area contributed by atoms with Crippen molar-refractivity contribution in [3.8, 4) is 0 Å². The van der Waals surface area contributed by atoms with Gasteiger partial charge in [-0.15, -0.1) is 12.5 Å². The molecule has 1 aliphatic rings. The quantitative estimate of drug-likeness (QED) is 0.454. The van der Waals surface area contributed by atoms with E-state index in [4.69, 9.17) is 5.73 Å². The molecule has 18 heavy (non-hydrogen) atoms. The smallest absolute Gasteiger partial charge is 0.0213 e. The molecule has 1 N–H and O–H groups in total. The summed E-state index contributed by atoms with van der Waals surface area (Å²) >= 11 is 0. The summed E-state index contributed by atoms with van der Waals surface area (Å²) in [5.74, 6) is 0. The topological polar surface area (TPSA) is 23.8 Å². The molecule has 1 atom stereocenters. The van der Waals surface area contributed by atoms with Crippen molar-refractivity contribution < 1.29 is 21.7 Å². The first-order chi connectivity index (χ1) is 6.18. The Morgan fingerprint density at radius 1 is 1.22 bits per heavy atom. The molecule has 0 aromatic heterocycles. The summed E-state index contributed by atoms with van der Waals surface area (Å²) in [5.41, 5.74) is 6.83. The van der Waals surface area contributed by atoms with Gasteiger partial charge in [0.25, 0.3) is 0 Å². The summed E-state index contributed by atoms with van der Waals surface area (Å²) in [5, 5.41) is 0. The number of hydrogen-bond acceptors (Lipinski definition) is 0. The molecule has 1 radical (unpaired) electrons. The van der Waals surface area contributed by atoms with Crippen LogP contribution in [0.25, 0.3) is 5.73 Å². The van der Waals surface area contributed by atoms with Gasteiger partial charge in [-0.25, -0.2) is 12.2 Å². The second-order valence-electron chi connectivity index (χ2n) is 2.89. The van der Waals surface area contributed by atoms with Crippen LogP contribution in [0.15, 0.2) is 18.2 Å². The van der Waals surface area contributed by atoms with Crippen LogP contribution in [0.2, 0.25) is 13.1 Å². The Labute approximate surface area is 136 Å². The van der Waals surface area contributed by atoms with Crippen LogP contribution >= 0.6 is 0 Å². The molecule has 0 aromatic rings. The second-order valence-corrected chi connectivity index (χ2v) is 4.04. The molecule has 0 saturated heterocycles. The number of nitrogens with one attached hydrogen (secondary N) is 1. The Morgan fingerprint density at radius 2 is 1.56 bits per heavy atom. The minimum Gasteiger partial charge on any atom is -0.675 e. The first kappa shape index (κ1) is 42.9. The van der Waals surface area contributed by atoms with E-state index in [-0.39, 0.29) is 57.5 Å². The van der Waals surface area contributed by atoms with Gasteiger partial charge in [0.05, 0.1) is 0 Å². The molecular weight excluding hydrogens is 270 g/mol. The fraction of sp³-hybridized carbons (Fsp3) is 0.467.